The summed E-state index contributed by atoms with van der Waals surface area (Å²) in [5.41, 5.74) is 8.24. The fourth-order valence-electron chi connectivity index (χ4n) is 1.84. The summed E-state index contributed by atoms with van der Waals surface area (Å²) in [6.45, 7) is 5.85. The largest absolute Gasteiger partial charge is 0.467 e. The third-order valence-corrected chi connectivity index (χ3v) is 3.18. The minimum atomic E-state index is -0.431. The van der Waals surface area contributed by atoms with Crippen LogP contribution >= 0.6 is 12.2 Å². The predicted molar refractivity (Wildman–Crippen MR) is 81.3 cm³/mol. The van der Waals surface area contributed by atoms with Gasteiger partial charge in [-0.05, 0) is 24.5 Å². The van der Waals surface area contributed by atoms with Gasteiger partial charge in [0.1, 0.15) is 11.0 Å². The number of hydrogen-bond acceptors (Lipinski definition) is 4. The molecular formula is C14H20N2O2S. The Morgan fingerprint density at radius 1 is 1.42 bits per heavy atom. The normalized spacial score (nSPS) is 12.1. The summed E-state index contributed by atoms with van der Waals surface area (Å²) in [5, 5.41) is 3.21. The van der Waals surface area contributed by atoms with E-state index in [0.29, 0.717) is 4.99 Å². The van der Waals surface area contributed by atoms with E-state index in [4.69, 9.17) is 22.7 Å². The van der Waals surface area contributed by atoms with Gasteiger partial charge in [0.25, 0.3) is 0 Å². The van der Waals surface area contributed by atoms with E-state index in [1.165, 1.54) is 7.11 Å². The van der Waals surface area contributed by atoms with Gasteiger partial charge >= 0.3 is 5.97 Å². The molecule has 0 amide bonds. The van der Waals surface area contributed by atoms with Crippen LogP contribution in [0.1, 0.15) is 25.0 Å². The molecule has 19 heavy (non-hydrogen) atoms. The number of methoxy groups -OCH3 is 1. The molecule has 0 heterocycles. The average Bonchev–Trinajstić information content (AvgIpc) is 2.35. The summed E-state index contributed by atoms with van der Waals surface area (Å²) in [6.07, 6.45) is 0. The Morgan fingerprint density at radius 3 is 2.53 bits per heavy atom. The zero-order chi connectivity index (χ0) is 14.6. The highest BCUT2D eigenvalue weighted by atomic mass is 32.1. The number of benzene rings is 1. The van der Waals surface area contributed by atoms with E-state index in [9.17, 15) is 4.79 Å². The number of anilines is 1. The summed E-state index contributed by atoms with van der Waals surface area (Å²) in [5.74, 6) is -0.210. The first-order valence-electron chi connectivity index (χ1n) is 6.12. The van der Waals surface area contributed by atoms with Crippen LogP contribution in [0.25, 0.3) is 0 Å². The van der Waals surface area contributed by atoms with Crippen molar-refractivity contribution in [1.82, 2.24) is 0 Å². The molecule has 3 N–H and O–H groups in total. The molecule has 0 saturated heterocycles. The zero-order valence-electron chi connectivity index (χ0n) is 11.7. The first-order chi connectivity index (χ1) is 8.88. The minimum Gasteiger partial charge on any atom is -0.467 e. The molecule has 1 atom stereocenters. The number of nitrogens with two attached hydrogens (primary N) is 1. The lowest BCUT2D eigenvalue weighted by Gasteiger charge is -2.23. The number of esters is 1. The second kappa shape index (κ2) is 6.52. The Bertz CT molecular complexity index is 486. The summed E-state index contributed by atoms with van der Waals surface area (Å²) < 4.78 is 4.82. The van der Waals surface area contributed by atoms with Gasteiger partial charge in [0.05, 0.1) is 7.11 Å². The maximum Gasteiger partial charge on any atom is 0.328 e. The van der Waals surface area contributed by atoms with Crippen LogP contribution in [-0.4, -0.2) is 24.1 Å². The van der Waals surface area contributed by atoms with Crippen molar-refractivity contribution in [2.45, 2.75) is 26.8 Å². The molecule has 0 radical (unpaired) electrons. The first-order valence-corrected chi connectivity index (χ1v) is 6.53. The van der Waals surface area contributed by atoms with E-state index in [1.807, 2.05) is 39.0 Å². The van der Waals surface area contributed by atoms with Gasteiger partial charge in [0.15, 0.2) is 0 Å². The van der Waals surface area contributed by atoms with Crippen LogP contribution in [0.3, 0.4) is 0 Å². The van der Waals surface area contributed by atoms with Gasteiger partial charge in [0.2, 0.25) is 0 Å². The van der Waals surface area contributed by atoms with Crippen LogP contribution in [0.2, 0.25) is 0 Å². The first kappa shape index (κ1) is 15.4. The lowest BCUT2D eigenvalue weighted by atomic mass is 10.0. The van der Waals surface area contributed by atoms with Gasteiger partial charge in [-0.2, -0.15) is 0 Å². The molecule has 0 fully saturated rings. The van der Waals surface area contributed by atoms with E-state index in [0.717, 1.165) is 16.8 Å². The van der Waals surface area contributed by atoms with Gasteiger partial charge in [-0.15, -0.1) is 0 Å². The van der Waals surface area contributed by atoms with Crippen LogP contribution < -0.4 is 11.1 Å². The number of carbonyl (C=O) groups is 1. The summed E-state index contributed by atoms with van der Waals surface area (Å²) in [7, 11) is 1.38. The maximum absolute atomic E-state index is 11.8. The van der Waals surface area contributed by atoms with Gasteiger partial charge in [0, 0.05) is 11.3 Å². The number of thiocarbonyl (C=S) groups is 1. The van der Waals surface area contributed by atoms with E-state index in [1.54, 1.807) is 0 Å². The Hall–Kier alpha value is -1.62. The number of para-hydroxylation sites is 1. The van der Waals surface area contributed by atoms with E-state index >= 15 is 0 Å². The Kier molecular flexibility index (Phi) is 5.30. The minimum absolute atomic E-state index is 0.0891. The third kappa shape index (κ3) is 3.67. The van der Waals surface area contributed by atoms with Crippen molar-refractivity contribution < 1.29 is 9.53 Å². The van der Waals surface area contributed by atoms with Crippen LogP contribution in [0.4, 0.5) is 5.69 Å². The van der Waals surface area contributed by atoms with Crippen molar-refractivity contribution in [1.29, 1.82) is 0 Å². The SMILES string of the molecule is COC(=O)C(Nc1c(C)cccc1C(N)=S)C(C)C. The van der Waals surface area contributed by atoms with Crippen LogP contribution in [0.5, 0.6) is 0 Å². The monoisotopic (exact) mass is 280 g/mol. The number of carbonyl (C=O) groups excluding carboxylic acids is 1. The second-order valence-electron chi connectivity index (χ2n) is 4.75. The van der Waals surface area contributed by atoms with Crippen molar-refractivity contribution in [2.75, 3.05) is 12.4 Å². The molecule has 1 aromatic carbocycles. The Labute approximate surface area is 119 Å². The molecule has 0 aliphatic heterocycles. The van der Waals surface area contributed by atoms with Gasteiger partial charge in [-0.3, -0.25) is 0 Å². The number of hydrogen-bond donors (Lipinski definition) is 2. The number of aryl methyl sites for hydroxylation is 1. The Balaban J connectivity index is 3.16. The van der Waals surface area contributed by atoms with Gasteiger partial charge in [-0.25, -0.2) is 4.79 Å². The van der Waals surface area contributed by atoms with Crippen molar-refractivity contribution in [3.63, 3.8) is 0 Å². The quantitative estimate of drug-likeness (QED) is 0.639. The summed E-state index contributed by atoms with van der Waals surface area (Å²) in [4.78, 5) is 12.1. The van der Waals surface area contributed by atoms with E-state index in [2.05, 4.69) is 5.32 Å². The average molecular weight is 280 g/mol. The van der Waals surface area contributed by atoms with E-state index in [-0.39, 0.29) is 11.9 Å². The highest BCUT2D eigenvalue weighted by Gasteiger charge is 2.24. The van der Waals surface area contributed by atoms with Crippen LogP contribution in [0.15, 0.2) is 18.2 Å². The summed E-state index contributed by atoms with van der Waals surface area (Å²) in [6, 6.07) is 5.24. The molecular weight excluding hydrogens is 260 g/mol. The van der Waals surface area contributed by atoms with Crippen LogP contribution in [-0.2, 0) is 9.53 Å². The lowest BCUT2D eigenvalue weighted by molar-refractivity contribution is -0.142. The molecule has 0 spiro atoms. The Morgan fingerprint density at radius 2 is 2.05 bits per heavy atom. The maximum atomic E-state index is 11.8. The van der Waals surface area contributed by atoms with Crippen LogP contribution in [0, 0.1) is 12.8 Å². The zero-order valence-corrected chi connectivity index (χ0v) is 12.5. The molecule has 0 bridgehead atoms. The van der Waals surface area contributed by atoms with Crippen molar-refractivity contribution in [3.8, 4) is 0 Å². The molecule has 0 aliphatic rings. The number of rotatable bonds is 5. The molecule has 1 aromatic rings. The lowest BCUT2D eigenvalue weighted by Crippen LogP contribution is -2.36. The predicted octanol–water partition coefficient (Wildman–Crippen LogP) is 2.24. The fourth-order valence-corrected chi connectivity index (χ4v) is 2.02. The van der Waals surface area contributed by atoms with Gasteiger partial charge in [-0.1, -0.05) is 38.2 Å². The summed E-state index contributed by atoms with van der Waals surface area (Å²) >= 11 is 5.04. The van der Waals surface area contributed by atoms with Crippen molar-refractivity contribution in [2.24, 2.45) is 11.7 Å². The molecule has 0 aliphatic carbocycles. The topological polar surface area (TPSA) is 64.3 Å². The second-order valence-corrected chi connectivity index (χ2v) is 5.19. The van der Waals surface area contributed by atoms with Crippen molar-refractivity contribution in [3.05, 3.63) is 29.3 Å². The molecule has 1 rings (SSSR count). The van der Waals surface area contributed by atoms with Gasteiger partial charge < -0.3 is 15.8 Å². The van der Waals surface area contributed by atoms with E-state index < -0.39 is 6.04 Å². The highest BCUT2D eigenvalue weighted by molar-refractivity contribution is 7.80. The standard InChI is InChI=1S/C14H20N2O2S/c1-8(2)11(14(17)18-4)16-12-9(3)6-5-7-10(12)13(15)19/h5-8,11,16H,1-4H3,(H2,15,19). The molecule has 1 unspecified atom stereocenters. The van der Waals surface area contributed by atoms with Crippen molar-refractivity contribution >= 4 is 28.9 Å². The fraction of sp³-hybridized carbons (Fsp3) is 0.429. The molecule has 4 nitrogen and oxygen atoms in total. The highest BCUT2D eigenvalue weighted by Crippen LogP contribution is 2.23. The molecule has 5 heteroatoms. The smallest absolute Gasteiger partial charge is 0.328 e. The number of ether oxygens (including phenoxy) is 1. The third-order valence-electron chi connectivity index (χ3n) is 2.96. The molecule has 104 valence electrons. The molecule has 0 aromatic heterocycles. The number of nitrogens with one attached hydrogen (secondary N) is 1. The molecule has 0 saturated carbocycles.